The molecule has 1 heterocycles. The fourth-order valence-electron chi connectivity index (χ4n) is 4.03. The van der Waals surface area contributed by atoms with Crippen molar-refractivity contribution in [1.82, 2.24) is 10.1 Å². The van der Waals surface area contributed by atoms with Crippen molar-refractivity contribution in [1.29, 1.82) is 0 Å². The highest BCUT2D eigenvalue weighted by molar-refractivity contribution is 6.32. The van der Waals surface area contributed by atoms with Crippen LogP contribution in [0.1, 0.15) is 39.5 Å². The van der Waals surface area contributed by atoms with Crippen molar-refractivity contribution in [3.8, 4) is 28.6 Å². The molecule has 168 valence electrons. The van der Waals surface area contributed by atoms with E-state index >= 15 is 0 Å². The predicted molar refractivity (Wildman–Crippen MR) is 123 cm³/mol. The van der Waals surface area contributed by atoms with Crippen molar-refractivity contribution in [2.24, 2.45) is 5.92 Å². The Kier molecular flexibility index (Phi) is 6.65. The molecule has 0 amide bonds. The van der Waals surface area contributed by atoms with Crippen LogP contribution in [-0.2, 0) is 4.79 Å². The second-order valence-corrected chi connectivity index (χ2v) is 8.84. The molecule has 0 saturated heterocycles. The lowest BCUT2D eigenvalue weighted by Crippen LogP contribution is -2.16. The van der Waals surface area contributed by atoms with Crippen LogP contribution in [0.5, 0.6) is 5.75 Å². The highest BCUT2D eigenvalue weighted by Gasteiger charge is 2.26. The van der Waals surface area contributed by atoms with E-state index in [1.54, 1.807) is 12.1 Å². The Morgan fingerprint density at radius 2 is 1.97 bits per heavy atom. The number of benzene rings is 2. The number of aromatic nitrogens is 2. The van der Waals surface area contributed by atoms with Crippen LogP contribution in [-0.4, -0.2) is 33.4 Å². The molecule has 32 heavy (non-hydrogen) atoms. The maximum atomic E-state index is 10.9. The number of anilines is 1. The first kappa shape index (κ1) is 22.1. The Morgan fingerprint density at radius 1 is 1.22 bits per heavy atom. The number of aliphatic carboxylic acids is 1. The number of carbonyl (C=O) groups is 1. The minimum atomic E-state index is -0.721. The molecule has 4 rings (SSSR count). The van der Waals surface area contributed by atoms with Gasteiger partial charge in [0.25, 0.3) is 5.89 Å². The molecule has 0 bridgehead atoms. The van der Waals surface area contributed by atoms with Crippen LogP contribution in [0.2, 0.25) is 5.02 Å². The summed E-state index contributed by atoms with van der Waals surface area (Å²) in [6.07, 6.45) is 3.09. The third-order valence-corrected chi connectivity index (χ3v) is 5.78. The highest BCUT2D eigenvalue weighted by Crippen LogP contribution is 2.32. The van der Waals surface area contributed by atoms with Crippen molar-refractivity contribution in [2.45, 2.75) is 51.7 Å². The number of rotatable bonds is 8. The van der Waals surface area contributed by atoms with Crippen LogP contribution in [0.15, 0.2) is 47.0 Å². The van der Waals surface area contributed by atoms with Gasteiger partial charge >= 0.3 is 5.97 Å². The molecule has 2 N–H and O–H groups in total. The van der Waals surface area contributed by atoms with Crippen LogP contribution in [0.4, 0.5) is 5.69 Å². The lowest BCUT2D eigenvalue weighted by Gasteiger charge is -2.14. The topological polar surface area (TPSA) is 97.5 Å². The van der Waals surface area contributed by atoms with E-state index in [0.717, 1.165) is 36.1 Å². The number of nitrogens with one attached hydrogen (secondary N) is 1. The average molecular weight is 456 g/mol. The lowest BCUT2D eigenvalue weighted by atomic mass is 10.0. The van der Waals surface area contributed by atoms with E-state index in [1.807, 2.05) is 44.2 Å². The van der Waals surface area contributed by atoms with Gasteiger partial charge in [0.2, 0.25) is 5.82 Å². The average Bonchev–Trinajstić information content (AvgIpc) is 3.39. The number of carboxylic acids is 1. The van der Waals surface area contributed by atoms with Gasteiger partial charge in [0.05, 0.1) is 11.1 Å². The SMILES string of the molecule is CC(C)Oc1ccc(-c2noc(-c3ccc(N[C@H]4CC[C@@H](CC(=O)O)C4)cc3)n2)cc1Cl. The summed E-state index contributed by atoms with van der Waals surface area (Å²) in [4.78, 5) is 15.4. The zero-order valence-corrected chi connectivity index (χ0v) is 18.8. The molecule has 1 aliphatic rings. The van der Waals surface area contributed by atoms with Gasteiger partial charge in [-0.3, -0.25) is 4.79 Å². The Hall–Kier alpha value is -3.06. The van der Waals surface area contributed by atoms with Gasteiger partial charge in [-0.25, -0.2) is 0 Å². The molecule has 1 aromatic heterocycles. The van der Waals surface area contributed by atoms with Gasteiger partial charge in [-0.05, 0) is 81.5 Å². The van der Waals surface area contributed by atoms with Gasteiger partial charge in [0, 0.05) is 29.3 Å². The lowest BCUT2D eigenvalue weighted by molar-refractivity contribution is -0.138. The van der Waals surface area contributed by atoms with E-state index in [0.29, 0.717) is 28.5 Å². The first-order valence-corrected chi connectivity index (χ1v) is 11.1. The van der Waals surface area contributed by atoms with Gasteiger partial charge in [-0.1, -0.05) is 16.8 Å². The normalized spacial score (nSPS) is 18.1. The number of carboxylic acid groups (broad SMARTS) is 1. The van der Waals surface area contributed by atoms with Crippen molar-refractivity contribution in [3.05, 3.63) is 47.5 Å². The van der Waals surface area contributed by atoms with E-state index in [4.69, 9.17) is 26.0 Å². The molecule has 1 fully saturated rings. The van der Waals surface area contributed by atoms with Crippen LogP contribution >= 0.6 is 11.6 Å². The highest BCUT2D eigenvalue weighted by atomic mass is 35.5. The van der Waals surface area contributed by atoms with E-state index in [1.165, 1.54) is 0 Å². The van der Waals surface area contributed by atoms with Crippen molar-refractivity contribution >= 4 is 23.3 Å². The zero-order valence-electron chi connectivity index (χ0n) is 18.0. The summed E-state index contributed by atoms with van der Waals surface area (Å²) in [5.74, 6) is 1.03. The number of ether oxygens (including phenoxy) is 1. The third kappa shape index (κ3) is 5.40. The van der Waals surface area contributed by atoms with Gasteiger partial charge in [0.1, 0.15) is 5.75 Å². The molecule has 0 spiro atoms. The number of nitrogens with zero attached hydrogens (tertiary/aromatic N) is 2. The van der Waals surface area contributed by atoms with E-state index in [9.17, 15) is 4.79 Å². The monoisotopic (exact) mass is 455 g/mol. The number of hydrogen-bond acceptors (Lipinski definition) is 6. The summed E-state index contributed by atoms with van der Waals surface area (Å²) in [5, 5.41) is 17.0. The molecule has 2 aromatic carbocycles. The quantitative estimate of drug-likeness (QED) is 0.436. The Balaban J connectivity index is 1.40. The summed E-state index contributed by atoms with van der Waals surface area (Å²) in [7, 11) is 0. The molecule has 0 radical (unpaired) electrons. The molecular formula is C24H26ClN3O4. The molecule has 1 saturated carbocycles. The second kappa shape index (κ2) is 9.61. The number of halogens is 1. The minimum Gasteiger partial charge on any atom is -0.489 e. The summed E-state index contributed by atoms with van der Waals surface area (Å²) < 4.78 is 11.1. The zero-order chi connectivity index (χ0) is 22.7. The summed E-state index contributed by atoms with van der Waals surface area (Å²) in [6.45, 7) is 3.89. The summed E-state index contributed by atoms with van der Waals surface area (Å²) >= 11 is 6.32. The summed E-state index contributed by atoms with van der Waals surface area (Å²) in [5.41, 5.74) is 2.55. The molecule has 1 aliphatic carbocycles. The van der Waals surface area contributed by atoms with Gasteiger partial charge in [0.15, 0.2) is 0 Å². The predicted octanol–water partition coefficient (Wildman–Crippen LogP) is 5.90. The van der Waals surface area contributed by atoms with Crippen LogP contribution in [0, 0.1) is 5.92 Å². The summed E-state index contributed by atoms with van der Waals surface area (Å²) in [6, 6.07) is 13.5. The largest absolute Gasteiger partial charge is 0.489 e. The second-order valence-electron chi connectivity index (χ2n) is 8.43. The van der Waals surface area contributed by atoms with Gasteiger partial charge in [-0.15, -0.1) is 0 Å². The Bertz CT molecular complexity index is 1080. The first-order valence-electron chi connectivity index (χ1n) is 10.8. The van der Waals surface area contributed by atoms with Crippen LogP contribution in [0.3, 0.4) is 0 Å². The minimum absolute atomic E-state index is 0.0347. The van der Waals surface area contributed by atoms with E-state index in [2.05, 4.69) is 15.5 Å². The van der Waals surface area contributed by atoms with Crippen LogP contribution in [0.25, 0.3) is 22.8 Å². The fourth-order valence-corrected chi connectivity index (χ4v) is 4.26. The molecule has 7 nitrogen and oxygen atoms in total. The maximum Gasteiger partial charge on any atom is 0.303 e. The Morgan fingerprint density at radius 3 is 2.66 bits per heavy atom. The van der Waals surface area contributed by atoms with Crippen LogP contribution < -0.4 is 10.1 Å². The molecule has 3 aromatic rings. The van der Waals surface area contributed by atoms with Crippen molar-refractivity contribution in [2.75, 3.05) is 5.32 Å². The fraction of sp³-hybridized carbons (Fsp3) is 0.375. The molecule has 2 atom stereocenters. The smallest absolute Gasteiger partial charge is 0.303 e. The van der Waals surface area contributed by atoms with Gasteiger partial charge < -0.3 is 19.7 Å². The first-order chi connectivity index (χ1) is 15.4. The molecule has 8 heteroatoms. The number of hydrogen-bond donors (Lipinski definition) is 2. The Labute approximate surface area is 191 Å². The van der Waals surface area contributed by atoms with Gasteiger partial charge in [-0.2, -0.15) is 4.98 Å². The van der Waals surface area contributed by atoms with Crippen molar-refractivity contribution in [3.63, 3.8) is 0 Å². The molecular weight excluding hydrogens is 430 g/mol. The molecule has 0 unspecified atom stereocenters. The maximum absolute atomic E-state index is 10.9. The van der Waals surface area contributed by atoms with E-state index in [-0.39, 0.29) is 18.4 Å². The van der Waals surface area contributed by atoms with Crippen molar-refractivity contribution < 1.29 is 19.2 Å². The standard InChI is InChI=1S/C24H26ClN3O4/c1-14(2)31-21-10-6-17(13-20(21)25)23-27-24(32-28-23)16-4-8-18(9-5-16)26-19-7-3-15(11-19)12-22(29)30/h4-6,8-10,13-15,19,26H,3,7,11-12H2,1-2H3,(H,29,30)/t15-,19+/m1/s1. The third-order valence-electron chi connectivity index (χ3n) is 5.49. The molecule has 0 aliphatic heterocycles. The van der Waals surface area contributed by atoms with E-state index < -0.39 is 5.97 Å².